The maximum Gasteiger partial charge on any atom is 0.256 e. The molecule has 0 saturated carbocycles. The molecule has 1 amide bonds. The van der Waals surface area contributed by atoms with E-state index in [0.717, 1.165) is 34.1 Å². The fourth-order valence-electron chi connectivity index (χ4n) is 3.31. The van der Waals surface area contributed by atoms with E-state index in [9.17, 15) is 4.79 Å². The number of aryl methyl sites for hydroxylation is 1. The Kier molecular flexibility index (Phi) is 5.52. The summed E-state index contributed by atoms with van der Waals surface area (Å²) in [5.74, 6) is -0.175. The second kappa shape index (κ2) is 8.24. The maximum absolute atomic E-state index is 13.2. The molecule has 0 aliphatic heterocycles. The minimum Gasteiger partial charge on any atom is -0.322 e. The third-order valence-electron chi connectivity index (χ3n) is 4.82. The van der Waals surface area contributed by atoms with Crippen LogP contribution >= 0.6 is 23.2 Å². The highest BCUT2D eigenvalue weighted by Crippen LogP contribution is 2.30. The summed E-state index contributed by atoms with van der Waals surface area (Å²) < 4.78 is 0. The topological polar surface area (TPSA) is 42.0 Å². The van der Waals surface area contributed by atoms with Crippen LogP contribution in [0.3, 0.4) is 0 Å². The van der Waals surface area contributed by atoms with Crippen LogP contribution in [0.5, 0.6) is 0 Å². The van der Waals surface area contributed by atoms with Crippen LogP contribution in [0.1, 0.15) is 22.8 Å². The van der Waals surface area contributed by atoms with E-state index in [-0.39, 0.29) is 5.91 Å². The number of nitrogens with one attached hydrogen (secondary N) is 1. The Labute approximate surface area is 179 Å². The first-order valence-electron chi connectivity index (χ1n) is 9.31. The molecule has 5 heteroatoms. The lowest BCUT2D eigenvalue weighted by Crippen LogP contribution is -2.14. The van der Waals surface area contributed by atoms with Crippen molar-refractivity contribution in [3.63, 3.8) is 0 Å². The van der Waals surface area contributed by atoms with Crippen molar-refractivity contribution >= 4 is 45.7 Å². The van der Waals surface area contributed by atoms with Crippen LogP contribution in [0.25, 0.3) is 22.2 Å². The van der Waals surface area contributed by atoms with Crippen molar-refractivity contribution in [1.29, 1.82) is 0 Å². The zero-order valence-electron chi connectivity index (χ0n) is 15.7. The summed E-state index contributed by atoms with van der Waals surface area (Å²) in [5, 5.41) is 4.77. The molecule has 1 aromatic heterocycles. The number of fused-ring (bicyclic) bond motifs is 1. The Hall–Kier alpha value is -2.88. The number of para-hydroxylation sites is 2. The predicted molar refractivity (Wildman–Crippen MR) is 121 cm³/mol. The quantitative estimate of drug-likeness (QED) is 0.385. The van der Waals surface area contributed by atoms with Crippen LogP contribution in [0, 0.1) is 0 Å². The highest BCUT2D eigenvalue weighted by Gasteiger charge is 2.15. The SMILES string of the molecule is CCc1ccccc1NC(=O)c1cc(-c2ccc(Cl)c(Cl)c2)nc2ccccc12. The molecule has 4 aromatic rings. The number of hydrogen-bond donors (Lipinski definition) is 1. The van der Waals surface area contributed by atoms with E-state index >= 15 is 0 Å². The Morgan fingerprint density at radius 2 is 1.69 bits per heavy atom. The number of carbonyl (C=O) groups excluding carboxylic acids is 1. The van der Waals surface area contributed by atoms with Crippen molar-refractivity contribution < 1.29 is 4.79 Å². The van der Waals surface area contributed by atoms with Crippen LogP contribution in [0.4, 0.5) is 5.69 Å². The van der Waals surface area contributed by atoms with Crippen molar-refractivity contribution in [2.24, 2.45) is 0 Å². The molecule has 0 fully saturated rings. The summed E-state index contributed by atoms with van der Waals surface area (Å²) in [6.45, 7) is 2.06. The number of pyridine rings is 1. The molecule has 0 bridgehead atoms. The van der Waals surface area contributed by atoms with Crippen LogP contribution in [-0.2, 0) is 6.42 Å². The molecule has 1 N–H and O–H groups in total. The Balaban J connectivity index is 1.82. The summed E-state index contributed by atoms with van der Waals surface area (Å²) in [5.41, 5.74) is 4.66. The molecule has 3 nitrogen and oxygen atoms in total. The standard InChI is InChI=1S/C24H18Cl2N2O/c1-2-15-7-3-5-9-21(15)28-24(29)18-14-23(16-11-12-19(25)20(26)13-16)27-22-10-6-4-8-17(18)22/h3-14H,2H2,1H3,(H,28,29). The number of hydrogen-bond acceptors (Lipinski definition) is 2. The number of carbonyl (C=O) groups is 1. The molecule has 144 valence electrons. The molecule has 29 heavy (non-hydrogen) atoms. The van der Waals surface area contributed by atoms with E-state index in [1.807, 2.05) is 54.6 Å². The number of anilines is 1. The van der Waals surface area contributed by atoms with E-state index in [1.165, 1.54) is 0 Å². The first-order valence-corrected chi connectivity index (χ1v) is 10.1. The van der Waals surface area contributed by atoms with Gasteiger partial charge in [-0.25, -0.2) is 4.98 Å². The minimum atomic E-state index is -0.175. The van der Waals surface area contributed by atoms with Crippen LogP contribution in [0.2, 0.25) is 10.0 Å². The van der Waals surface area contributed by atoms with Gasteiger partial charge in [-0.15, -0.1) is 0 Å². The van der Waals surface area contributed by atoms with Crippen molar-refractivity contribution in [3.05, 3.63) is 94.0 Å². The normalized spacial score (nSPS) is 10.9. The van der Waals surface area contributed by atoms with E-state index < -0.39 is 0 Å². The molecule has 0 unspecified atom stereocenters. The van der Waals surface area contributed by atoms with Gasteiger partial charge in [0.1, 0.15) is 0 Å². The highest BCUT2D eigenvalue weighted by molar-refractivity contribution is 6.42. The van der Waals surface area contributed by atoms with Gasteiger partial charge in [-0.2, -0.15) is 0 Å². The van der Waals surface area contributed by atoms with Crippen molar-refractivity contribution in [2.75, 3.05) is 5.32 Å². The number of aromatic nitrogens is 1. The number of benzene rings is 3. The van der Waals surface area contributed by atoms with Gasteiger partial charge < -0.3 is 5.32 Å². The number of rotatable bonds is 4. The molecule has 1 heterocycles. The van der Waals surface area contributed by atoms with Gasteiger partial charge in [0, 0.05) is 16.6 Å². The summed E-state index contributed by atoms with van der Waals surface area (Å²) in [6.07, 6.45) is 0.835. The average Bonchev–Trinajstić information content (AvgIpc) is 2.75. The largest absolute Gasteiger partial charge is 0.322 e. The Morgan fingerprint density at radius 3 is 2.48 bits per heavy atom. The van der Waals surface area contributed by atoms with Crippen LogP contribution in [0.15, 0.2) is 72.8 Å². The minimum absolute atomic E-state index is 0.175. The van der Waals surface area contributed by atoms with Crippen molar-refractivity contribution in [2.45, 2.75) is 13.3 Å². The van der Waals surface area contributed by atoms with Gasteiger partial charge in [0.2, 0.25) is 0 Å². The smallest absolute Gasteiger partial charge is 0.256 e. The predicted octanol–water partition coefficient (Wildman–Crippen LogP) is 7.02. The van der Waals surface area contributed by atoms with Gasteiger partial charge in [-0.3, -0.25) is 4.79 Å². The molecule has 0 aliphatic carbocycles. The Bertz CT molecular complexity index is 1220. The first kappa shape index (κ1) is 19.4. The lowest BCUT2D eigenvalue weighted by Gasteiger charge is -2.13. The fraction of sp³-hybridized carbons (Fsp3) is 0.0833. The van der Waals surface area contributed by atoms with Crippen LogP contribution < -0.4 is 5.32 Å². The lowest BCUT2D eigenvalue weighted by atomic mass is 10.0. The van der Waals surface area contributed by atoms with Crippen LogP contribution in [-0.4, -0.2) is 10.9 Å². The third-order valence-corrected chi connectivity index (χ3v) is 5.56. The Morgan fingerprint density at radius 1 is 0.931 bits per heavy atom. The monoisotopic (exact) mass is 420 g/mol. The number of nitrogens with zero attached hydrogens (tertiary/aromatic N) is 1. The molecular weight excluding hydrogens is 403 g/mol. The number of amides is 1. The van der Waals surface area contributed by atoms with E-state index in [0.29, 0.717) is 21.3 Å². The van der Waals surface area contributed by atoms with Gasteiger partial charge >= 0.3 is 0 Å². The van der Waals surface area contributed by atoms with E-state index in [4.69, 9.17) is 28.2 Å². The molecule has 4 rings (SSSR count). The van der Waals surface area contributed by atoms with Crippen molar-refractivity contribution in [1.82, 2.24) is 4.98 Å². The molecule has 0 spiro atoms. The second-order valence-corrected chi connectivity index (χ2v) is 7.48. The van der Waals surface area contributed by atoms with E-state index in [1.54, 1.807) is 18.2 Å². The zero-order valence-corrected chi connectivity index (χ0v) is 17.3. The van der Waals surface area contributed by atoms with E-state index in [2.05, 4.69) is 12.2 Å². The second-order valence-electron chi connectivity index (χ2n) is 6.67. The molecule has 0 atom stereocenters. The lowest BCUT2D eigenvalue weighted by molar-refractivity contribution is 0.102. The summed E-state index contributed by atoms with van der Waals surface area (Å²) >= 11 is 12.2. The number of halogens is 2. The van der Waals surface area contributed by atoms with Gasteiger partial charge in [-0.05, 0) is 42.3 Å². The summed E-state index contributed by atoms with van der Waals surface area (Å²) in [4.78, 5) is 17.9. The third kappa shape index (κ3) is 3.98. The van der Waals surface area contributed by atoms with Gasteiger partial charge in [-0.1, -0.05) is 72.6 Å². The van der Waals surface area contributed by atoms with Gasteiger partial charge in [0.05, 0.1) is 26.8 Å². The highest BCUT2D eigenvalue weighted by atomic mass is 35.5. The van der Waals surface area contributed by atoms with Gasteiger partial charge in [0.25, 0.3) is 5.91 Å². The molecule has 3 aromatic carbocycles. The fourth-order valence-corrected chi connectivity index (χ4v) is 3.60. The molecule has 0 saturated heterocycles. The maximum atomic E-state index is 13.2. The zero-order chi connectivity index (χ0) is 20.4. The first-order chi connectivity index (χ1) is 14.1. The van der Waals surface area contributed by atoms with Gasteiger partial charge in [0.15, 0.2) is 0 Å². The molecular formula is C24H18Cl2N2O. The van der Waals surface area contributed by atoms with Crippen molar-refractivity contribution in [3.8, 4) is 11.3 Å². The molecule has 0 radical (unpaired) electrons. The summed E-state index contributed by atoms with van der Waals surface area (Å²) in [6, 6.07) is 22.6. The average molecular weight is 421 g/mol. The summed E-state index contributed by atoms with van der Waals surface area (Å²) in [7, 11) is 0. The molecule has 0 aliphatic rings.